The number of ether oxygens (including phenoxy) is 1. The Hall–Kier alpha value is -8.07. The molecule has 312 valence electrons. The molecule has 18 heteroatoms. The van der Waals surface area contributed by atoms with Gasteiger partial charge in [0.15, 0.2) is 11.5 Å². The summed E-state index contributed by atoms with van der Waals surface area (Å²) in [6, 6.07) is 16.3. The smallest absolute Gasteiger partial charge is 0.274 e. The molecule has 1 unspecified atom stereocenters. The third kappa shape index (κ3) is 7.98. The molecular weight excluding hydrogens is 800 g/mol. The lowest BCUT2D eigenvalue weighted by Gasteiger charge is -2.37. The number of fused-ring (bicyclic) bond motifs is 1. The number of piperazine rings is 1. The van der Waals surface area contributed by atoms with E-state index in [2.05, 4.69) is 35.7 Å². The van der Waals surface area contributed by atoms with E-state index in [0.29, 0.717) is 60.1 Å². The van der Waals surface area contributed by atoms with Gasteiger partial charge in [-0.3, -0.25) is 44.0 Å². The summed E-state index contributed by atoms with van der Waals surface area (Å²) in [5.74, 6) is -3.49. The number of halogens is 1. The van der Waals surface area contributed by atoms with Gasteiger partial charge in [0.1, 0.15) is 23.3 Å². The van der Waals surface area contributed by atoms with Crippen molar-refractivity contribution in [3.8, 4) is 28.3 Å². The molecule has 6 amide bonds. The second kappa shape index (κ2) is 17.3. The van der Waals surface area contributed by atoms with Crippen LogP contribution in [-0.4, -0.2) is 106 Å². The summed E-state index contributed by atoms with van der Waals surface area (Å²) in [5, 5.41) is 8.27. The molecule has 3 aromatic carbocycles. The van der Waals surface area contributed by atoms with Crippen LogP contribution in [0.15, 0.2) is 85.3 Å². The second-order valence-electron chi connectivity index (χ2n) is 14.5. The molecule has 0 radical (unpaired) electrons. The van der Waals surface area contributed by atoms with Crippen molar-refractivity contribution in [2.45, 2.75) is 25.3 Å². The highest BCUT2D eigenvalue weighted by Crippen LogP contribution is 2.37. The number of pyridine rings is 1. The third-order valence-corrected chi connectivity index (χ3v) is 10.9. The molecule has 62 heavy (non-hydrogen) atoms. The lowest BCUT2D eigenvalue weighted by atomic mass is 10.0. The second-order valence-corrected chi connectivity index (χ2v) is 14.5. The van der Waals surface area contributed by atoms with E-state index >= 15 is 0 Å². The Balaban J connectivity index is 0.938. The first-order valence-electron chi connectivity index (χ1n) is 19.6. The Kier molecular flexibility index (Phi) is 11.3. The highest BCUT2D eigenvalue weighted by Gasteiger charge is 2.44. The van der Waals surface area contributed by atoms with E-state index in [-0.39, 0.29) is 65.7 Å². The standard InChI is InChI=1S/C44H37FN10O7/c1-46-31-12-15-47-24-29(31)25-6-9-32(51-41(58)33-13-16-49-40(50-33)39-30(45)4-3-5-36(39)62-2)35(22-25)53-18-20-54(21-19-53)38(57)14-17-48-26-7-8-27-28(23-26)44(61)55(43(27)60)34-10-11-37(56)52-42(34)59/h3-9,12-13,15-16,22-24,34,48H,10-11,14,17-21H2,2H3,(H,51,58)(H,52,56,59). The highest BCUT2D eigenvalue weighted by molar-refractivity contribution is 6.23. The van der Waals surface area contributed by atoms with E-state index in [1.54, 1.807) is 47.6 Å². The van der Waals surface area contributed by atoms with Crippen LogP contribution in [0.1, 0.15) is 50.5 Å². The molecule has 0 aliphatic carbocycles. The first-order chi connectivity index (χ1) is 30.0. The van der Waals surface area contributed by atoms with Gasteiger partial charge in [-0.25, -0.2) is 19.2 Å². The number of hydrogen-bond donors (Lipinski definition) is 3. The van der Waals surface area contributed by atoms with Crippen LogP contribution >= 0.6 is 0 Å². The van der Waals surface area contributed by atoms with Crippen LogP contribution in [0, 0.1) is 12.4 Å². The molecule has 0 spiro atoms. The van der Waals surface area contributed by atoms with Gasteiger partial charge in [-0.1, -0.05) is 12.1 Å². The molecule has 3 aliphatic rings. The fourth-order valence-electron chi connectivity index (χ4n) is 7.71. The largest absolute Gasteiger partial charge is 0.496 e. The van der Waals surface area contributed by atoms with Crippen molar-refractivity contribution >= 4 is 58.2 Å². The van der Waals surface area contributed by atoms with Crippen molar-refractivity contribution in [1.82, 2.24) is 30.1 Å². The minimum atomic E-state index is -1.07. The molecule has 5 heterocycles. The Morgan fingerprint density at radius 3 is 2.53 bits per heavy atom. The van der Waals surface area contributed by atoms with E-state index in [0.717, 1.165) is 4.90 Å². The molecule has 2 fully saturated rings. The zero-order valence-electron chi connectivity index (χ0n) is 33.2. The maximum Gasteiger partial charge on any atom is 0.274 e. The zero-order chi connectivity index (χ0) is 43.5. The third-order valence-electron chi connectivity index (χ3n) is 10.9. The quantitative estimate of drug-likeness (QED) is 0.123. The molecule has 8 rings (SSSR count). The van der Waals surface area contributed by atoms with E-state index in [1.807, 2.05) is 11.0 Å². The van der Waals surface area contributed by atoms with E-state index < -0.39 is 41.4 Å². The first kappa shape index (κ1) is 40.7. The number of carbonyl (C=O) groups excluding carboxylic acids is 6. The lowest BCUT2D eigenvalue weighted by Crippen LogP contribution is -2.54. The lowest BCUT2D eigenvalue weighted by molar-refractivity contribution is -0.136. The van der Waals surface area contributed by atoms with Crippen molar-refractivity contribution in [3.63, 3.8) is 0 Å². The van der Waals surface area contributed by atoms with Gasteiger partial charge in [0.25, 0.3) is 17.7 Å². The maximum absolute atomic E-state index is 14.9. The van der Waals surface area contributed by atoms with Gasteiger partial charge in [0.2, 0.25) is 17.7 Å². The summed E-state index contributed by atoms with van der Waals surface area (Å²) >= 11 is 0. The summed E-state index contributed by atoms with van der Waals surface area (Å²) in [6.45, 7) is 9.46. The molecule has 0 bridgehead atoms. The number of aromatic nitrogens is 3. The highest BCUT2D eigenvalue weighted by atomic mass is 19.1. The normalized spacial score (nSPS) is 16.1. The summed E-state index contributed by atoms with van der Waals surface area (Å²) in [7, 11) is 1.40. The summed E-state index contributed by atoms with van der Waals surface area (Å²) in [4.78, 5) is 98.6. The number of nitrogens with one attached hydrogen (secondary N) is 3. The Bertz CT molecular complexity index is 2710. The fourth-order valence-corrected chi connectivity index (χ4v) is 7.71. The van der Waals surface area contributed by atoms with Crippen molar-refractivity contribution in [3.05, 3.63) is 119 Å². The molecule has 0 saturated carbocycles. The van der Waals surface area contributed by atoms with Crippen LogP contribution in [0.4, 0.5) is 27.1 Å². The monoisotopic (exact) mass is 836 g/mol. The fraction of sp³-hybridized carbons (Fsp3) is 0.227. The number of nitrogens with zero attached hydrogens (tertiary/aromatic N) is 7. The van der Waals surface area contributed by atoms with Gasteiger partial charge >= 0.3 is 0 Å². The zero-order valence-corrected chi connectivity index (χ0v) is 33.2. The number of benzene rings is 3. The Morgan fingerprint density at radius 2 is 1.76 bits per heavy atom. The van der Waals surface area contributed by atoms with Gasteiger partial charge < -0.3 is 25.2 Å². The topological polar surface area (TPSA) is 200 Å². The average Bonchev–Trinajstić information content (AvgIpc) is 3.53. The number of rotatable bonds is 11. The van der Waals surface area contributed by atoms with Crippen molar-refractivity contribution in [2.75, 3.05) is 55.4 Å². The van der Waals surface area contributed by atoms with Crippen LogP contribution in [0.3, 0.4) is 0 Å². The van der Waals surface area contributed by atoms with Gasteiger partial charge in [0.05, 0.1) is 41.7 Å². The summed E-state index contributed by atoms with van der Waals surface area (Å²) in [6.07, 6.45) is 4.71. The van der Waals surface area contributed by atoms with Gasteiger partial charge in [-0.05, 0) is 66.6 Å². The van der Waals surface area contributed by atoms with Gasteiger partial charge in [-0.15, -0.1) is 0 Å². The van der Waals surface area contributed by atoms with Crippen molar-refractivity contribution < 1.29 is 37.9 Å². The molecule has 17 nitrogen and oxygen atoms in total. The van der Waals surface area contributed by atoms with Crippen LogP contribution in [0.2, 0.25) is 0 Å². The average molecular weight is 837 g/mol. The van der Waals surface area contributed by atoms with Crippen LogP contribution < -0.4 is 25.6 Å². The van der Waals surface area contributed by atoms with Crippen LogP contribution in [0.25, 0.3) is 27.4 Å². The SMILES string of the molecule is [C-]#[N+]c1ccncc1-c1ccc(NC(=O)c2ccnc(-c3c(F)cccc3OC)n2)c(N2CCN(C(=O)CCNc3ccc4c(c3)C(=O)N(C3CCC(=O)NC3=O)C4=O)CC2)c1. The number of piperidine rings is 1. The van der Waals surface area contributed by atoms with Crippen molar-refractivity contribution in [2.24, 2.45) is 0 Å². The number of methoxy groups -OCH3 is 1. The molecule has 1 atom stereocenters. The van der Waals surface area contributed by atoms with Gasteiger partial charge in [-0.2, -0.15) is 0 Å². The minimum Gasteiger partial charge on any atom is -0.496 e. The molecule has 3 N–H and O–H groups in total. The van der Waals surface area contributed by atoms with E-state index in [1.165, 1.54) is 43.6 Å². The number of anilines is 3. The predicted molar refractivity (Wildman–Crippen MR) is 223 cm³/mol. The Labute approximate surface area is 353 Å². The van der Waals surface area contributed by atoms with E-state index in [4.69, 9.17) is 11.3 Å². The maximum atomic E-state index is 14.9. The number of amides is 6. The van der Waals surface area contributed by atoms with Crippen LogP contribution in [-0.2, 0) is 14.4 Å². The summed E-state index contributed by atoms with van der Waals surface area (Å²) in [5.41, 5.74) is 3.57. The van der Waals surface area contributed by atoms with Gasteiger partial charge in [0, 0.05) is 75.4 Å². The predicted octanol–water partition coefficient (Wildman–Crippen LogP) is 4.71. The number of hydrogen-bond acceptors (Lipinski definition) is 12. The number of carbonyl (C=O) groups is 6. The number of imide groups is 2. The van der Waals surface area contributed by atoms with Crippen LogP contribution in [0.5, 0.6) is 5.75 Å². The minimum absolute atomic E-state index is 0.0162. The molecule has 3 aliphatic heterocycles. The first-order valence-corrected chi connectivity index (χ1v) is 19.6. The molecule has 2 saturated heterocycles. The Morgan fingerprint density at radius 1 is 0.952 bits per heavy atom. The molecule has 2 aromatic heterocycles. The van der Waals surface area contributed by atoms with Crippen molar-refractivity contribution in [1.29, 1.82) is 0 Å². The van der Waals surface area contributed by atoms with E-state index in [9.17, 15) is 33.2 Å². The molecule has 5 aromatic rings. The summed E-state index contributed by atoms with van der Waals surface area (Å²) < 4.78 is 20.2. The molecular formula is C44H37FN10O7.